The summed E-state index contributed by atoms with van der Waals surface area (Å²) < 4.78 is 5.48. The van der Waals surface area contributed by atoms with E-state index < -0.39 is 5.97 Å². The van der Waals surface area contributed by atoms with Crippen LogP contribution in [0.1, 0.15) is 13.3 Å². The molecule has 1 atom stereocenters. The maximum absolute atomic E-state index is 10.2. The number of hydrogen-bond donors (Lipinski definition) is 1. The van der Waals surface area contributed by atoms with Crippen molar-refractivity contribution in [1.82, 2.24) is 4.90 Å². The standard InChI is InChI=1S/C10H17NO3/c1-9-8-11(6-3-7-14-9)5-2-4-10(12)13/h2,4,9H,3,5-8H2,1H3,(H,12,13). The summed E-state index contributed by atoms with van der Waals surface area (Å²) in [4.78, 5) is 12.4. The molecule has 80 valence electrons. The highest BCUT2D eigenvalue weighted by molar-refractivity contribution is 5.79. The van der Waals surface area contributed by atoms with Gasteiger partial charge in [-0.2, -0.15) is 0 Å². The van der Waals surface area contributed by atoms with Gasteiger partial charge in [0.1, 0.15) is 0 Å². The summed E-state index contributed by atoms with van der Waals surface area (Å²) >= 11 is 0. The monoisotopic (exact) mass is 199 g/mol. The van der Waals surface area contributed by atoms with Crippen LogP contribution < -0.4 is 0 Å². The fourth-order valence-corrected chi connectivity index (χ4v) is 1.55. The lowest BCUT2D eigenvalue weighted by atomic mass is 10.3. The maximum atomic E-state index is 10.2. The van der Waals surface area contributed by atoms with E-state index in [0.29, 0.717) is 6.54 Å². The molecule has 0 spiro atoms. The van der Waals surface area contributed by atoms with Gasteiger partial charge in [-0.05, 0) is 13.3 Å². The van der Waals surface area contributed by atoms with Gasteiger partial charge < -0.3 is 9.84 Å². The number of aliphatic carboxylic acids is 1. The lowest BCUT2D eigenvalue weighted by molar-refractivity contribution is -0.131. The molecule has 4 heteroatoms. The molecule has 0 saturated carbocycles. The first kappa shape index (κ1) is 11.2. The Kier molecular flexibility index (Phi) is 4.62. The second-order valence-electron chi connectivity index (χ2n) is 3.54. The first-order valence-corrected chi connectivity index (χ1v) is 4.92. The van der Waals surface area contributed by atoms with Crippen LogP contribution in [0.3, 0.4) is 0 Å². The van der Waals surface area contributed by atoms with Crippen molar-refractivity contribution in [2.45, 2.75) is 19.4 Å². The molecule has 0 aliphatic carbocycles. The molecule has 1 fully saturated rings. The molecule has 0 radical (unpaired) electrons. The third-order valence-electron chi connectivity index (χ3n) is 2.16. The zero-order valence-corrected chi connectivity index (χ0v) is 8.48. The molecule has 0 aromatic heterocycles. The second-order valence-corrected chi connectivity index (χ2v) is 3.54. The van der Waals surface area contributed by atoms with E-state index in [4.69, 9.17) is 9.84 Å². The SMILES string of the molecule is CC1CN(CC=CC(=O)O)CCCO1. The first-order valence-electron chi connectivity index (χ1n) is 4.92. The number of hydrogen-bond acceptors (Lipinski definition) is 3. The van der Waals surface area contributed by atoms with Gasteiger partial charge in [-0.25, -0.2) is 4.79 Å². The average Bonchev–Trinajstić information content (AvgIpc) is 2.29. The highest BCUT2D eigenvalue weighted by Crippen LogP contribution is 2.04. The van der Waals surface area contributed by atoms with Crippen molar-refractivity contribution >= 4 is 5.97 Å². The highest BCUT2D eigenvalue weighted by atomic mass is 16.5. The van der Waals surface area contributed by atoms with Crippen molar-refractivity contribution in [3.05, 3.63) is 12.2 Å². The van der Waals surface area contributed by atoms with Crippen molar-refractivity contribution in [3.63, 3.8) is 0 Å². The summed E-state index contributed by atoms with van der Waals surface area (Å²) in [5, 5.41) is 8.42. The topological polar surface area (TPSA) is 49.8 Å². The van der Waals surface area contributed by atoms with Crippen LogP contribution in [-0.4, -0.2) is 48.3 Å². The minimum absolute atomic E-state index is 0.246. The Labute approximate surface area is 84.2 Å². The number of nitrogens with zero attached hydrogens (tertiary/aromatic N) is 1. The Morgan fingerprint density at radius 1 is 1.71 bits per heavy atom. The molecule has 0 bridgehead atoms. The summed E-state index contributed by atoms with van der Waals surface area (Å²) in [6, 6.07) is 0. The highest BCUT2D eigenvalue weighted by Gasteiger charge is 2.13. The smallest absolute Gasteiger partial charge is 0.328 e. The Morgan fingerprint density at radius 2 is 2.50 bits per heavy atom. The van der Waals surface area contributed by atoms with Crippen LogP contribution in [0.2, 0.25) is 0 Å². The lowest BCUT2D eigenvalue weighted by Gasteiger charge is -2.19. The van der Waals surface area contributed by atoms with E-state index in [0.717, 1.165) is 26.1 Å². The zero-order valence-electron chi connectivity index (χ0n) is 8.48. The normalized spacial score (nSPS) is 25.1. The summed E-state index contributed by atoms with van der Waals surface area (Å²) in [5.41, 5.74) is 0. The minimum atomic E-state index is -0.885. The van der Waals surface area contributed by atoms with Crippen LogP contribution in [0, 0.1) is 0 Å². The summed E-state index contributed by atoms with van der Waals surface area (Å²) in [6.45, 7) is 5.40. The van der Waals surface area contributed by atoms with Gasteiger partial charge in [0.25, 0.3) is 0 Å². The van der Waals surface area contributed by atoms with E-state index in [2.05, 4.69) is 4.90 Å². The fourth-order valence-electron chi connectivity index (χ4n) is 1.55. The molecule has 0 aromatic rings. The van der Waals surface area contributed by atoms with Crippen LogP contribution in [0.5, 0.6) is 0 Å². The Morgan fingerprint density at radius 3 is 3.21 bits per heavy atom. The minimum Gasteiger partial charge on any atom is -0.478 e. The molecule has 14 heavy (non-hydrogen) atoms. The van der Waals surface area contributed by atoms with Crippen LogP contribution in [0.4, 0.5) is 0 Å². The Hall–Kier alpha value is -0.870. The van der Waals surface area contributed by atoms with Gasteiger partial charge in [-0.1, -0.05) is 6.08 Å². The molecule has 1 unspecified atom stereocenters. The fraction of sp³-hybridized carbons (Fsp3) is 0.700. The number of carbonyl (C=O) groups is 1. The van der Waals surface area contributed by atoms with Gasteiger partial charge in [0, 0.05) is 32.3 Å². The van der Waals surface area contributed by atoms with Gasteiger partial charge >= 0.3 is 5.97 Å². The molecule has 1 saturated heterocycles. The quantitative estimate of drug-likeness (QED) is 0.681. The molecular formula is C10H17NO3. The predicted octanol–water partition coefficient (Wildman–Crippen LogP) is 0.738. The molecule has 1 aliphatic rings. The molecule has 1 aliphatic heterocycles. The van der Waals surface area contributed by atoms with E-state index in [1.165, 1.54) is 6.08 Å². The molecule has 1 N–H and O–H groups in total. The average molecular weight is 199 g/mol. The molecule has 1 heterocycles. The first-order chi connectivity index (χ1) is 6.68. The number of carboxylic acid groups (broad SMARTS) is 1. The van der Waals surface area contributed by atoms with Gasteiger partial charge in [-0.15, -0.1) is 0 Å². The van der Waals surface area contributed by atoms with Crippen molar-refractivity contribution in [1.29, 1.82) is 0 Å². The van der Waals surface area contributed by atoms with Gasteiger partial charge in [-0.3, -0.25) is 4.90 Å². The zero-order chi connectivity index (χ0) is 10.4. The van der Waals surface area contributed by atoms with Gasteiger partial charge in [0.15, 0.2) is 0 Å². The molecular weight excluding hydrogens is 182 g/mol. The van der Waals surface area contributed by atoms with E-state index in [9.17, 15) is 4.79 Å². The van der Waals surface area contributed by atoms with Crippen molar-refractivity contribution in [2.75, 3.05) is 26.2 Å². The number of rotatable bonds is 3. The van der Waals surface area contributed by atoms with Crippen molar-refractivity contribution in [2.24, 2.45) is 0 Å². The van der Waals surface area contributed by atoms with E-state index in [1.807, 2.05) is 6.92 Å². The van der Waals surface area contributed by atoms with Crippen LogP contribution in [0.15, 0.2) is 12.2 Å². The summed E-state index contributed by atoms with van der Waals surface area (Å²) in [6.07, 6.45) is 4.14. The van der Waals surface area contributed by atoms with E-state index >= 15 is 0 Å². The third kappa shape index (κ3) is 4.39. The van der Waals surface area contributed by atoms with Gasteiger partial charge in [0.05, 0.1) is 6.10 Å². The predicted molar refractivity (Wildman–Crippen MR) is 53.2 cm³/mol. The largest absolute Gasteiger partial charge is 0.478 e. The number of carboxylic acids is 1. The van der Waals surface area contributed by atoms with Crippen molar-refractivity contribution in [3.8, 4) is 0 Å². The third-order valence-corrected chi connectivity index (χ3v) is 2.16. The van der Waals surface area contributed by atoms with Crippen LogP contribution in [0.25, 0.3) is 0 Å². The van der Waals surface area contributed by atoms with Gasteiger partial charge in [0.2, 0.25) is 0 Å². The molecule has 0 amide bonds. The summed E-state index contributed by atoms with van der Waals surface area (Å²) in [5.74, 6) is -0.885. The molecule has 1 rings (SSSR count). The second kappa shape index (κ2) is 5.78. The molecule has 0 aromatic carbocycles. The maximum Gasteiger partial charge on any atom is 0.328 e. The molecule has 4 nitrogen and oxygen atoms in total. The number of ether oxygens (including phenoxy) is 1. The lowest BCUT2D eigenvalue weighted by Crippen LogP contribution is -2.30. The van der Waals surface area contributed by atoms with Crippen LogP contribution >= 0.6 is 0 Å². The summed E-state index contributed by atoms with van der Waals surface area (Å²) in [7, 11) is 0. The van der Waals surface area contributed by atoms with E-state index in [-0.39, 0.29) is 6.10 Å². The Balaban J connectivity index is 2.31. The van der Waals surface area contributed by atoms with E-state index in [1.54, 1.807) is 6.08 Å². The Bertz CT molecular complexity index is 215. The van der Waals surface area contributed by atoms with Crippen LogP contribution in [-0.2, 0) is 9.53 Å². The van der Waals surface area contributed by atoms with Crippen molar-refractivity contribution < 1.29 is 14.6 Å².